The number of nitriles is 1. The Morgan fingerprint density at radius 2 is 2.00 bits per heavy atom. The molecule has 1 heterocycles. The Hall–Kier alpha value is -1.45. The summed E-state index contributed by atoms with van der Waals surface area (Å²) < 4.78 is 23.6. The van der Waals surface area contributed by atoms with Crippen LogP contribution in [0.1, 0.15) is 11.6 Å². The fraction of sp³-hybridized carbons (Fsp3) is 0.333. The molecule has 0 saturated carbocycles. The minimum atomic E-state index is -3.37. The van der Waals surface area contributed by atoms with E-state index in [9.17, 15) is 8.42 Å². The third-order valence-corrected chi connectivity index (χ3v) is 3.29. The highest BCUT2D eigenvalue weighted by Gasteiger charge is 2.23. The summed E-state index contributed by atoms with van der Waals surface area (Å²) in [6.45, 7) is 0. The number of nitrogens with zero attached hydrogens (tertiary/aromatic N) is 3. The topological polar surface area (TPSA) is 74.1 Å². The van der Waals surface area contributed by atoms with Crippen molar-refractivity contribution in [2.75, 3.05) is 13.3 Å². The first-order chi connectivity index (χ1) is 6.96. The Bertz CT molecular complexity index is 464. The molecule has 6 heteroatoms. The molecule has 0 fully saturated rings. The lowest BCUT2D eigenvalue weighted by atomic mass is 10.1. The molecule has 0 spiro atoms. The molecule has 1 rings (SSSR count). The van der Waals surface area contributed by atoms with E-state index in [1.165, 1.54) is 19.4 Å². The quantitative estimate of drug-likeness (QED) is 0.752. The highest BCUT2D eigenvalue weighted by molar-refractivity contribution is 7.88. The molecule has 0 aliphatic rings. The fourth-order valence-corrected chi connectivity index (χ4v) is 1.65. The third-order valence-electron chi connectivity index (χ3n) is 2.03. The molecular weight excluding hydrogens is 214 g/mol. The van der Waals surface area contributed by atoms with Gasteiger partial charge in [-0.25, -0.2) is 8.42 Å². The van der Waals surface area contributed by atoms with Gasteiger partial charge >= 0.3 is 0 Å². The minimum Gasteiger partial charge on any atom is -0.265 e. The maximum atomic E-state index is 11.3. The van der Waals surface area contributed by atoms with Crippen LogP contribution in [0.15, 0.2) is 24.5 Å². The molecule has 0 aliphatic carbocycles. The molecule has 5 nitrogen and oxygen atoms in total. The molecule has 0 aliphatic heterocycles. The van der Waals surface area contributed by atoms with E-state index < -0.39 is 16.1 Å². The van der Waals surface area contributed by atoms with Crippen molar-refractivity contribution in [2.45, 2.75) is 6.04 Å². The highest BCUT2D eigenvalue weighted by atomic mass is 32.2. The Morgan fingerprint density at radius 1 is 1.47 bits per heavy atom. The molecule has 1 atom stereocenters. The smallest absolute Gasteiger partial charge is 0.212 e. The molecule has 0 radical (unpaired) electrons. The van der Waals surface area contributed by atoms with Gasteiger partial charge in [0, 0.05) is 19.4 Å². The number of pyridine rings is 1. The zero-order valence-corrected chi connectivity index (χ0v) is 9.27. The summed E-state index contributed by atoms with van der Waals surface area (Å²) in [6, 6.07) is 4.38. The first-order valence-corrected chi connectivity index (χ1v) is 6.04. The monoisotopic (exact) mass is 225 g/mol. The second-order valence-electron chi connectivity index (χ2n) is 3.09. The summed E-state index contributed by atoms with van der Waals surface area (Å²) >= 11 is 0. The van der Waals surface area contributed by atoms with Gasteiger partial charge in [-0.15, -0.1) is 0 Å². The predicted octanol–water partition coefficient (Wildman–Crippen LogP) is 0.538. The van der Waals surface area contributed by atoms with Crippen LogP contribution in [0, 0.1) is 11.3 Å². The summed E-state index contributed by atoms with van der Waals surface area (Å²) in [5, 5.41) is 8.94. The molecule has 0 aromatic carbocycles. The SMILES string of the molecule is CN(C(C#N)c1ccncc1)S(C)(=O)=O. The number of hydrogen-bond donors (Lipinski definition) is 0. The van der Waals surface area contributed by atoms with E-state index in [1.54, 1.807) is 12.1 Å². The Morgan fingerprint density at radius 3 is 2.40 bits per heavy atom. The lowest BCUT2D eigenvalue weighted by Crippen LogP contribution is -2.29. The molecule has 1 unspecified atom stereocenters. The molecule has 80 valence electrons. The standard InChI is InChI=1S/C9H11N3O2S/c1-12(15(2,13)14)9(7-10)8-3-5-11-6-4-8/h3-6,9H,1-2H3. The van der Waals surface area contributed by atoms with Gasteiger partial charge in [-0.1, -0.05) is 0 Å². The Kier molecular flexibility index (Phi) is 3.39. The zero-order valence-electron chi connectivity index (χ0n) is 8.45. The van der Waals surface area contributed by atoms with Crippen molar-refractivity contribution in [2.24, 2.45) is 0 Å². The maximum Gasteiger partial charge on any atom is 0.212 e. The molecule has 0 bridgehead atoms. The lowest BCUT2D eigenvalue weighted by Gasteiger charge is -2.19. The second kappa shape index (κ2) is 4.38. The summed E-state index contributed by atoms with van der Waals surface area (Å²) in [7, 11) is -1.99. The van der Waals surface area contributed by atoms with Gasteiger partial charge in [-0.2, -0.15) is 9.57 Å². The minimum absolute atomic E-state index is 0.612. The van der Waals surface area contributed by atoms with Gasteiger partial charge in [-0.05, 0) is 17.7 Å². The van der Waals surface area contributed by atoms with Gasteiger partial charge in [0.25, 0.3) is 0 Å². The van der Waals surface area contributed by atoms with Gasteiger partial charge in [0.2, 0.25) is 10.0 Å². The van der Waals surface area contributed by atoms with Crippen molar-refractivity contribution in [3.8, 4) is 6.07 Å². The van der Waals surface area contributed by atoms with Gasteiger partial charge in [0.15, 0.2) is 0 Å². The summed E-state index contributed by atoms with van der Waals surface area (Å²) in [5.41, 5.74) is 0.612. The van der Waals surface area contributed by atoms with Crippen molar-refractivity contribution in [1.29, 1.82) is 5.26 Å². The number of sulfonamides is 1. The normalized spacial score (nSPS) is 13.5. The van der Waals surface area contributed by atoms with E-state index in [0.717, 1.165) is 10.6 Å². The van der Waals surface area contributed by atoms with E-state index in [2.05, 4.69) is 4.98 Å². The van der Waals surface area contributed by atoms with Crippen LogP contribution in [0.4, 0.5) is 0 Å². The van der Waals surface area contributed by atoms with Crippen molar-refractivity contribution >= 4 is 10.0 Å². The van der Waals surface area contributed by atoms with Crippen LogP contribution in [0.5, 0.6) is 0 Å². The van der Waals surface area contributed by atoms with Crippen LogP contribution >= 0.6 is 0 Å². The van der Waals surface area contributed by atoms with Crippen LogP contribution in [0.2, 0.25) is 0 Å². The van der Waals surface area contributed by atoms with E-state index in [0.29, 0.717) is 5.56 Å². The molecule has 0 amide bonds. The maximum absolute atomic E-state index is 11.3. The molecular formula is C9H11N3O2S. The van der Waals surface area contributed by atoms with Crippen molar-refractivity contribution < 1.29 is 8.42 Å². The van der Waals surface area contributed by atoms with Crippen LogP contribution in [-0.2, 0) is 10.0 Å². The van der Waals surface area contributed by atoms with Crippen molar-refractivity contribution in [3.05, 3.63) is 30.1 Å². The average Bonchev–Trinajstić information content (AvgIpc) is 2.19. The second-order valence-corrected chi connectivity index (χ2v) is 5.13. The van der Waals surface area contributed by atoms with Crippen LogP contribution in [-0.4, -0.2) is 31.0 Å². The van der Waals surface area contributed by atoms with Gasteiger partial charge in [-0.3, -0.25) is 4.98 Å². The zero-order chi connectivity index (χ0) is 11.5. The van der Waals surface area contributed by atoms with E-state index in [-0.39, 0.29) is 0 Å². The summed E-state index contributed by atoms with van der Waals surface area (Å²) in [4.78, 5) is 3.81. The van der Waals surface area contributed by atoms with Crippen LogP contribution < -0.4 is 0 Å². The Balaban J connectivity index is 3.08. The van der Waals surface area contributed by atoms with E-state index in [1.807, 2.05) is 6.07 Å². The van der Waals surface area contributed by atoms with E-state index in [4.69, 9.17) is 5.26 Å². The average molecular weight is 225 g/mol. The lowest BCUT2D eigenvalue weighted by molar-refractivity contribution is 0.436. The Labute approximate surface area is 89.0 Å². The largest absolute Gasteiger partial charge is 0.265 e. The molecule has 0 N–H and O–H groups in total. The van der Waals surface area contributed by atoms with Crippen molar-refractivity contribution in [1.82, 2.24) is 9.29 Å². The number of aromatic nitrogens is 1. The van der Waals surface area contributed by atoms with Gasteiger partial charge in [0.05, 0.1) is 12.3 Å². The fourth-order valence-electron chi connectivity index (χ4n) is 1.10. The van der Waals surface area contributed by atoms with Crippen LogP contribution in [0.25, 0.3) is 0 Å². The molecule has 1 aromatic heterocycles. The first kappa shape index (κ1) is 11.6. The summed E-state index contributed by atoms with van der Waals surface area (Å²) in [5.74, 6) is 0. The molecule has 0 saturated heterocycles. The van der Waals surface area contributed by atoms with Gasteiger partial charge in [0.1, 0.15) is 6.04 Å². The van der Waals surface area contributed by atoms with E-state index >= 15 is 0 Å². The molecule has 15 heavy (non-hydrogen) atoms. The first-order valence-electron chi connectivity index (χ1n) is 4.19. The van der Waals surface area contributed by atoms with Crippen LogP contribution in [0.3, 0.4) is 0 Å². The summed E-state index contributed by atoms with van der Waals surface area (Å²) in [6.07, 6.45) is 4.12. The van der Waals surface area contributed by atoms with Gasteiger partial charge < -0.3 is 0 Å². The third kappa shape index (κ3) is 2.75. The number of hydrogen-bond acceptors (Lipinski definition) is 4. The molecule has 1 aromatic rings. The predicted molar refractivity (Wildman–Crippen MR) is 55.2 cm³/mol. The highest BCUT2D eigenvalue weighted by Crippen LogP contribution is 2.19. The number of rotatable bonds is 3. The van der Waals surface area contributed by atoms with Crippen molar-refractivity contribution in [3.63, 3.8) is 0 Å².